The Labute approximate surface area is 176 Å². The molecule has 0 amide bonds. The van der Waals surface area contributed by atoms with Crippen molar-refractivity contribution in [3.05, 3.63) is 29.8 Å². The van der Waals surface area contributed by atoms with Crippen molar-refractivity contribution in [1.82, 2.24) is 15.1 Å². The molecule has 1 aliphatic rings. The van der Waals surface area contributed by atoms with Crippen LogP contribution in [0, 0.1) is 5.92 Å². The van der Waals surface area contributed by atoms with E-state index in [1.807, 2.05) is 12.1 Å². The van der Waals surface area contributed by atoms with E-state index in [1.54, 1.807) is 7.11 Å². The molecule has 1 N–H and O–H groups in total. The van der Waals surface area contributed by atoms with Crippen molar-refractivity contribution >= 4 is 29.9 Å². The molecule has 1 aromatic carbocycles. The summed E-state index contributed by atoms with van der Waals surface area (Å²) in [5.41, 5.74) is 1.25. The molecule has 1 unspecified atom stereocenters. The number of hydrogen-bond acceptors (Lipinski definition) is 3. The highest BCUT2D eigenvalue weighted by atomic mass is 127. The van der Waals surface area contributed by atoms with Crippen LogP contribution >= 0.6 is 24.0 Å². The van der Waals surface area contributed by atoms with Gasteiger partial charge >= 0.3 is 0 Å². The SMILES string of the molecule is CCNC(=NCC(C)CN1CCCC1)N(C)Cc1ccc(OC)cc1.I. The van der Waals surface area contributed by atoms with Gasteiger partial charge in [0.05, 0.1) is 7.11 Å². The molecule has 0 radical (unpaired) electrons. The molecule has 0 spiro atoms. The van der Waals surface area contributed by atoms with Gasteiger partial charge in [-0.25, -0.2) is 0 Å². The van der Waals surface area contributed by atoms with Gasteiger partial charge in [-0.1, -0.05) is 19.1 Å². The van der Waals surface area contributed by atoms with E-state index in [-0.39, 0.29) is 24.0 Å². The van der Waals surface area contributed by atoms with Crippen molar-refractivity contribution in [3.63, 3.8) is 0 Å². The number of nitrogens with one attached hydrogen (secondary N) is 1. The van der Waals surface area contributed by atoms with Crippen molar-refractivity contribution in [2.24, 2.45) is 10.9 Å². The molecule has 1 fully saturated rings. The second kappa shape index (κ2) is 12.4. The molecular formula is C20H35IN4O. The molecule has 0 saturated carbocycles. The lowest BCUT2D eigenvalue weighted by atomic mass is 10.2. The number of guanidine groups is 1. The molecule has 6 heteroatoms. The summed E-state index contributed by atoms with van der Waals surface area (Å²) in [7, 11) is 3.79. The van der Waals surface area contributed by atoms with E-state index < -0.39 is 0 Å². The number of halogens is 1. The Kier molecular flexibility index (Phi) is 11.0. The van der Waals surface area contributed by atoms with Gasteiger partial charge < -0.3 is 19.9 Å². The normalized spacial score (nSPS) is 16.1. The van der Waals surface area contributed by atoms with Crippen LogP contribution < -0.4 is 10.1 Å². The fraction of sp³-hybridized carbons (Fsp3) is 0.650. The molecule has 26 heavy (non-hydrogen) atoms. The van der Waals surface area contributed by atoms with Crippen LogP contribution in [0.15, 0.2) is 29.3 Å². The lowest BCUT2D eigenvalue weighted by Crippen LogP contribution is -2.39. The summed E-state index contributed by atoms with van der Waals surface area (Å²) >= 11 is 0. The number of ether oxygens (including phenoxy) is 1. The fourth-order valence-electron chi connectivity index (χ4n) is 3.26. The molecule has 1 aromatic rings. The maximum atomic E-state index is 5.23. The highest BCUT2D eigenvalue weighted by Gasteiger charge is 2.15. The number of nitrogens with zero attached hydrogens (tertiary/aromatic N) is 3. The second-order valence-electron chi connectivity index (χ2n) is 7.01. The molecule has 0 aliphatic carbocycles. The third kappa shape index (κ3) is 7.70. The van der Waals surface area contributed by atoms with Crippen molar-refractivity contribution in [2.45, 2.75) is 33.2 Å². The quantitative estimate of drug-likeness (QED) is 0.356. The lowest BCUT2D eigenvalue weighted by molar-refractivity contribution is 0.291. The molecule has 1 heterocycles. The first-order chi connectivity index (χ1) is 12.1. The molecule has 148 valence electrons. The number of rotatable bonds is 8. The smallest absolute Gasteiger partial charge is 0.193 e. The number of benzene rings is 1. The zero-order chi connectivity index (χ0) is 18.1. The van der Waals surface area contributed by atoms with Crippen LogP contribution in [0.1, 0.15) is 32.3 Å². The van der Waals surface area contributed by atoms with Crippen molar-refractivity contribution in [2.75, 3.05) is 46.9 Å². The maximum Gasteiger partial charge on any atom is 0.193 e. The number of aliphatic imine (C=N–C) groups is 1. The van der Waals surface area contributed by atoms with Crippen LogP contribution in [0.4, 0.5) is 0 Å². The van der Waals surface area contributed by atoms with E-state index in [4.69, 9.17) is 9.73 Å². The molecule has 2 rings (SSSR count). The second-order valence-corrected chi connectivity index (χ2v) is 7.01. The standard InChI is InChI=1S/C20H34N4O.HI/c1-5-21-20(22-14-17(2)15-24-12-6-7-13-24)23(3)16-18-8-10-19(25-4)11-9-18;/h8-11,17H,5-7,12-16H2,1-4H3,(H,21,22);1H. The monoisotopic (exact) mass is 474 g/mol. The van der Waals surface area contributed by atoms with Gasteiger partial charge in [0, 0.05) is 33.2 Å². The number of methoxy groups -OCH3 is 1. The van der Waals surface area contributed by atoms with E-state index in [9.17, 15) is 0 Å². The highest BCUT2D eigenvalue weighted by Crippen LogP contribution is 2.13. The number of likely N-dealkylation sites (tertiary alicyclic amines) is 1. The summed E-state index contributed by atoms with van der Waals surface area (Å²) in [6.45, 7) is 10.7. The van der Waals surface area contributed by atoms with E-state index in [2.05, 4.69) is 48.1 Å². The first kappa shape index (κ1) is 23.0. The van der Waals surface area contributed by atoms with E-state index >= 15 is 0 Å². The van der Waals surface area contributed by atoms with Gasteiger partial charge in [0.1, 0.15) is 5.75 Å². The maximum absolute atomic E-state index is 5.23. The van der Waals surface area contributed by atoms with Gasteiger partial charge in [0.15, 0.2) is 5.96 Å². The Balaban J connectivity index is 0.00000338. The fourth-order valence-corrected chi connectivity index (χ4v) is 3.26. The van der Waals surface area contributed by atoms with Crippen LogP contribution in [0.3, 0.4) is 0 Å². The van der Waals surface area contributed by atoms with Gasteiger partial charge in [-0.05, 0) is 56.5 Å². The summed E-state index contributed by atoms with van der Waals surface area (Å²) in [6, 6.07) is 8.22. The Morgan fingerprint density at radius 3 is 2.50 bits per heavy atom. The molecule has 0 bridgehead atoms. The summed E-state index contributed by atoms with van der Waals surface area (Å²) in [6.07, 6.45) is 2.70. The first-order valence-corrected chi connectivity index (χ1v) is 9.47. The van der Waals surface area contributed by atoms with Gasteiger partial charge in [-0.2, -0.15) is 0 Å². The average molecular weight is 474 g/mol. The predicted molar refractivity (Wildman–Crippen MR) is 121 cm³/mol. The van der Waals surface area contributed by atoms with Crippen molar-refractivity contribution in [3.8, 4) is 5.75 Å². The van der Waals surface area contributed by atoms with E-state index in [0.29, 0.717) is 5.92 Å². The van der Waals surface area contributed by atoms with Crippen molar-refractivity contribution < 1.29 is 4.74 Å². The predicted octanol–water partition coefficient (Wildman–Crippen LogP) is 3.44. The van der Waals surface area contributed by atoms with Crippen LogP contribution in [-0.2, 0) is 6.54 Å². The minimum Gasteiger partial charge on any atom is -0.497 e. The van der Waals surface area contributed by atoms with Gasteiger partial charge in [-0.15, -0.1) is 24.0 Å². The topological polar surface area (TPSA) is 40.1 Å². The van der Waals surface area contributed by atoms with Gasteiger partial charge in [-0.3, -0.25) is 4.99 Å². The Morgan fingerprint density at radius 1 is 1.27 bits per heavy atom. The van der Waals surface area contributed by atoms with Crippen LogP contribution in [0.25, 0.3) is 0 Å². The Bertz CT molecular complexity index is 529. The number of hydrogen-bond donors (Lipinski definition) is 1. The first-order valence-electron chi connectivity index (χ1n) is 9.47. The third-order valence-corrected chi connectivity index (χ3v) is 4.60. The Hall–Kier alpha value is -1.02. The van der Waals surface area contributed by atoms with E-state index in [1.165, 1.54) is 31.5 Å². The third-order valence-electron chi connectivity index (χ3n) is 4.60. The highest BCUT2D eigenvalue weighted by molar-refractivity contribution is 14.0. The van der Waals surface area contributed by atoms with E-state index in [0.717, 1.165) is 37.9 Å². The molecule has 0 aromatic heterocycles. The summed E-state index contributed by atoms with van der Waals surface area (Å²) < 4.78 is 5.23. The molecule has 5 nitrogen and oxygen atoms in total. The zero-order valence-electron chi connectivity index (χ0n) is 16.7. The zero-order valence-corrected chi connectivity index (χ0v) is 19.0. The van der Waals surface area contributed by atoms with Crippen LogP contribution in [0.5, 0.6) is 5.75 Å². The van der Waals surface area contributed by atoms with Crippen LogP contribution in [0.2, 0.25) is 0 Å². The summed E-state index contributed by atoms with van der Waals surface area (Å²) in [5.74, 6) is 2.45. The molecule has 1 saturated heterocycles. The Morgan fingerprint density at radius 2 is 1.92 bits per heavy atom. The largest absolute Gasteiger partial charge is 0.497 e. The molecule has 1 aliphatic heterocycles. The average Bonchev–Trinajstić information content (AvgIpc) is 3.12. The van der Waals surface area contributed by atoms with Gasteiger partial charge in [0.2, 0.25) is 0 Å². The van der Waals surface area contributed by atoms with Gasteiger partial charge in [0.25, 0.3) is 0 Å². The molecule has 1 atom stereocenters. The minimum absolute atomic E-state index is 0. The van der Waals surface area contributed by atoms with Crippen LogP contribution in [-0.4, -0.2) is 62.6 Å². The van der Waals surface area contributed by atoms with Crippen molar-refractivity contribution in [1.29, 1.82) is 0 Å². The minimum atomic E-state index is 0. The molecular weight excluding hydrogens is 439 g/mol. The summed E-state index contributed by atoms with van der Waals surface area (Å²) in [4.78, 5) is 9.62. The lowest BCUT2D eigenvalue weighted by Gasteiger charge is -2.24. The summed E-state index contributed by atoms with van der Waals surface area (Å²) in [5, 5.41) is 3.41.